The van der Waals surface area contributed by atoms with E-state index in [1.807, 2.05) is 13.0 Å². The van der Waals surface area contributed by atoms with Gasteiger partial charge in [-0.05, 0) is 56.7 Å². The lowest BCUT2D eigenvalue weighted by Crippen LogP contribution is -2.29. The summed E-state index contributed by atoms with van der Waals surface area (Å²) in [6.45, 7) is 8.78. The van der Waals surface area contributed by atoms with Gasteiger partial charge in [0.15, 0.2) is 11.5 Å². The molecule has 0 aliphatic carbocycles. The van der Waals surface area contributed by atoms with Crippen molar-refractivity contribution in [3.05, 3.63) is 23.8 Å². The maximum atomic E-state index is 12.1. The van der Waals surface area contributed by atoms with Crippen molar-refractivity contribution >= 4 is 24.3 Å². The molecule has 1 N–H and O–H groups in total. The average Bonchev–Trinajstić information content (AvgIpc) is 2.87. The number of amides is 1. The second-order valence-corrected chi connectivity index (χ2v) is 9.23. The highest BCUT2D eigenvalue weighted by Gasteiger charge is 2.12. The Morgan fingerprint density at radius 1 is 0.892 bits per heavy atom. The van der Waals surface area contributed by atoms with Crippen molar-refractivity contribution in [1.82, 2.24) is 5.32 Å². The van der Waals surface area contributed by atoms with Crippen molar-refractivity contribution in [3.8, 4) is 11.5 Å². The van der Waals surface area contributed by atoms with Gasteiger partial charge < -0.3 is 24.3 Å². The summed E-state index contributed by atoms with van der Waals surface area (Å²) < 4.78 is 22.0. The molecule has 0 aliphatic rings. The Labute approximate surface area is 230 Å². The van der Waals surface area contributed by atoms with Gasteiger partial charge in [0.1, 0.15) is 0 Å². The minimum absolute atomic E-state index is 0. The van der Waals surface area contributed by atoms with E-state index in [2.05, 4.69) is 24.4 Å². The number of methoxy groups -OCH3 is 1. The van der Waals surface area contributed by atoms with Gasteiger partial charge in [-0.3, -0.25) is 9.59 Å². The fourth-order valence-corrected chi connectivity index (χ4v) is 3.78. The third-order valence-corrected chi connectivity index (χ3v) is 5.98. The first-order chi connectivity index (χ1) is 17.5. The van der Waals surface area contributed by atoms with Crippen LogP contribution >= 0.6 is 12.4 Å². The molecule has 37 heavy (non-hydrogen) atoms. The summed E-state index contributed by atoms with van der Waals surface area (Å²) in [7, 11) is 1.68. The van der Waals surface area contributed by atoms with Crippen LogP contribution in [-0.4, -0.2) is 52.0 Å². The van der Waals surface area contributed by atoms with Crippen LogP contribution < -0.4 is 14.8 Å². The van der Waals surface area contributed by atoms with Crippen LogP contribution in [0.3, 0.4) is 0 Å². The summed E-state index contributed by atoms with van der Waals surface area (Å²) in [6, 6.07) is 6.12. The molecule has 1 rings (SSSR count). The number of ether oxygens (including phenoxy) is 4. The predicted octanol–water partition coefficient (Wildman–Crippen LogP) is 6.29. The molecule has 0 unspecified atom stereocenters. The monoisotopic (exact) mass is 543 g/mol. The Kier molecular flexibility index (Phi) is 21.9. The lowest BCUT2D eigenvalue weighted by molar-refractivity contribution is -0.143. The molecule has 8 heteroatoms. The number of halogens is 1. The average molecular weight is 544 g/mol. The molecule has 0 aliphatic heterocycles. The number of carbonyl (C=O) groups excluding carboxylic acids is 2. The Morgan fingerprint density at radius 2 is 1.62 bits per heavy atom. The third-order valence-electron chi connectivity index (χ3n) is 5.98. The van der Waals surface area contributed by atoms with Gasteiger partial charge in [0.2, 0.25) is 5.91 Å². The third kappa shape index (κ3) is 17.2. The van der Waals surface area contributed by atoms with E-state index in [9.17, 15) is 9.59 Å². The fourth-order valence-electron chi connectivity index (χ4n) is 3.78. The summed E-state index contributed by atoms with van der Waals surface area (Å²) >= 11 is 0. The lowest BCUT2D eigenvalue weighted by Gasteiger charge is -2.14. The Morgan fingerprint density at radius 3 is 2.35 bits per heavy atom. The Bertz CT molecular complexity index is 730. The van der Waals surface area contributed by atoms with Crippen LogP contribution in [0.15, 0.2) is 18.2 Å². The van der Waals surface area contributed by atoms with Gasteiger partial charge in [-0.1, -0.05) is 45.6 Å². The molecule has 0 spiro atoms. The first-order valence-electron chi connectivity index (χ1n) is 13.8. The molecule has 0 saturated heterocycles. The topological polar surface area (TPSA) is 83.1 Å². The van der Waals surface area contributed by atoms with Crippen LogP contribution in [-0.2, 0) is 25.5 Å². The van der Waals surface area contributed by atoms with E-state index >= 15 is 0 Å². The van der Waals surface area contributed by atoms with Crippen LogP contribution in [0.1, 0.15) is 90.5 Å². The van der Waals surface area contributed by atoms with Crippen molar-refractivity contribution in [2.75, 3.05) is 40.1 Å². The summed E-state index contributed by atoms with van der Waals surface area (Å²) in [5, 5.41) is 3.03. The molecule has 0 aromatic heterocycles. The second kappa shape index (κ2) is 23.2. The number of rotatable bonds is 22. The second-order valence-electron chi connectivity index (χ2n) is 9.23. The highest BCUT2D eigenvalue weighted by atomic mass is 35.5. The van der Waals surface area contributed by atoms with Gasteiger partial charge in [-0.15, -0.1) is 12.4 Å². The smallest absolute Gasteiger partial charge is 0.305 e. The van der Waals surface area contributed by atoms with E-state index in [1.165, 1.54) is 5.56 Å². The molecule has 1 amide bonds. The fraction of sp³-hybridized carbons (Fsp3) is 0.724. The van der Waals surface area contributed by atoms with Crippen LogP contribution in [0.4, 0.5) is 0 Å². The minimum atomic E-state index is -0.197. The standard InChI is InChI=1S/C29H49NO6.ClH/c1-5-7-19-30-29(32)24(3)14-10-8-9-11-15-25-17-18-26(27(23-25)36-22-13-20-33-4)35-21-12-16-28(31)34-6-2;/h17-18,23-24H,5-16,19-22H2,1-4H3,(H,30,32);1H/t24-;/m1./s1. The van der Waals surface area contributed by atoms with Gasteiger partial charge in [0.05, 0.1) is 19.8 Å². The van der Waals surface area contributed by atoms with E-state index in [0.29, 0.717) is 45.0 Å². The predicted molar refractivity (Wildman–Crippen MR) is 151 cm³/mol. The molecule has 214 valence electrons. The molecule has 0 fully saturated rings. The van der Waals surface area contributed by atoms with Crippen molar-refractivity contribution in [2.45, 2.75) is 91.4 Å². The zero-order valence-corrected chi connectivity index (χ0v) is 24.3. The van der Waals surface area contributed by atoms with E-state index in [-0.39, 0.29) is 30.2 Å². The molecule has 1 aromatic carbocycles. The summed E-state index contributed by atoms with van der Waals surface area (Å²) in [5.41, 5.74) is 1.22. The number of hydrogen-bond acceptors (Lipinski definition) is 6. The van der Waals surface area contributed by atoms with Gasteiger partial charge in [-0.2, -0.15) is 0 Å². The maximum absolute atomic E-state index is 12.1. The van der Waals surface area contributed by atoms with Crippen LogP contribution in [0.5, 0.6) is 11.5 Å². The molecule has 7 nitrogen and oxygen atoms in total. The zero-order chi connectivity index (χ0) is 26.4. The number of nitrogens with one attached hydrogen (secondary N) is 1. The minimum Gasteiger partial charge on any atom is -0.490 e. The Hall–Kier alpha value is -1.99. The molecule has 0 heterocycles. The van der Waals surface area contributed by atoms with Crippen molar-refractivity contribution in [1.29, 1.82) is 0 Å². The van der Waals surface area contributed by atoms with Gasteiger partial charge in [0.25, 0.3) is 0 Å². The molecule has 0 radical (unpaired) electrons. The molecular formula is C29H50ClNO6. The number of aryl methyl sites for hydroxylation is 1. The van der Waals surface area contributed by atoms with Crippen LogP contribution in [0, 0.1) is 5.92 Å². The van der Waals surface area contributed by atoms with Gasteiger partial charge >= 0.3 is 5.97 Å². The zero-order valence-electron chi connectivity index (χ0n) is 23.5. The molecular weight excluding hydrogens is 494 g/mol. The van der Waals surface area contributed by atoms with E-state index in [1.54, 1.807) is 14.0 Å². The number of benzene rings is 1. The normalized spacial score (nSPS) is 11.4. The quantitative estimate of drug-likeness (QED) is 0.137. The summed E-state index contributed by atoms with van der Waals surface area (Å²) in [5.74, 6) is 1.51. The van der Waals surface area contributed by atoms with E-state index in [4.69, 9.17) is 18.9 Å². The Balaban J connectivity index is 0.0000130. The number of hydrogen-bond donors (Lipinski definition) is 1. The van der Waals surface area contributed by atoms with Crippen molar-refractivity contribution in [2.24, 2.45) is 5.92 Å². The maximum Gasteiger partial charge on any atom is 0.305 e. The number of esters is 1. The molecule has 1 atom stereocenters. The number of carbonyl (C=O) groups is 2. The SMILES string of the molecule is CCCCNC(=O)[C@H](C)CCCCCCc1ccc(OCCCC(=O)OCC)c(OCCCOC)c1.Cl. The van der Waals surface area contributed by atoms with Crippen molar-refractivity contribution < 1.29 is 28.5 Å². The van der Waals surface area contributed by atoms with Gasteiger partial charge in [-0.25, -0.2) is 0 Å². The number of unbranched alkanes of at least 4 members (excludes halogenated alkanes) is 4. The first-order valence-corrected chi connectivity index (χ1v) is 13.8. The van der Waals surface area contributed by atoms with Crippen LogP contribution in [0.25, 0.3) is 0 Å². The van der Waals surface area contributed by atoms with E-state index in [0.717, 1.165) is 70.1 Å². The van der Waals surface area contributed by atoms with E-state index < -0.39 is 0 Å². The highest BCUT2D eigenvalue weighted by Crippen LogP contribution is 2.29. The van der Waals surface area contributed by atoms with Gasteiger partial charge in [0, 0.05) is 39.0 Å². The summed E-state index contributed by atoms with van der Waals surface area (Å²) in [4.78, 5) is 23.6. The molecule has 1 aromatic rings. The molecule has 0 saturated carbocycles. The lowest BCUT2D eigenvalue weighted by atomic mass is 10.00. The molecule has 0 bridgehead atoms. The van der Waals surface area contributed by atoms with Crippen molar-refractivity contribution in [3.63, 3.8) is 0 Å². The van der Waals surface area contributed by atoms with Crippen LogP contribution in [0.2, 0.25) is 0 Å². The highest BCUT2D eigenvalue weighted by molar-refractivity contribution is 5.85. The summed E-state index contributed by atoms with van der Waals surface area (Å²) in [6.07, 6.45) is 10.3. The first kappa shape index (κ1) is 35.0. The largest absolute Gasteiger partial charge is 0.490 e.